The van der Waals surface area contributed by atoms with E-state index in [2.05, 4.69) is 30.3 Å². The molecule has 110 valence electrons. The van der Waals surface area contributed by atoms with E-state index < -0.39 is 12.0 Å². The maximum absolute atomic E-state index is 10.8. The first-order valence-electron chi connectivity index (χ1n) is 7.20. The molecule has 1 unspecified atom stereocenters. The maximum atomic E-state index is 10.8. The van der Waals surface area contributed by atoms with Crippen molar-refractivity contribution in [3.05, 3.63) is 72.3 Å². The molecule has 3 N–H and O–H groups in total. The third kappa shape index (κ3) is 3.00. The molecule has 3 heteroatoms. The standard InChI is InChI=1S/C19H17NO2/c20-18(19(21)22)11-13-5-7-15(8-6-13)17-10-9-14-3-1-2-4-16(14)12-17/h1-10,12,18H,11,20H2,(H,21,22). The lowest BCUT2D eigenvalue weighted by Crippen LogP contribution is -2.32. The average Bonchev–Trinajstić information content (AvgIpc) is 2.55. The van der Waals surface area contributed by atoms with E-state index in [1.807, 2.05) is 36.4 Å². The zero-order valence-electron chi connectivity index (χ0n) is 12.1. The normalized spacial score (nSPS) is 12.2. The van der Waals surface area contributed by atoms with Gasteiger partial charge in [0.1, 0.15) is 6.04 Å². The third-order valence-corrected chi connectivity index (χ3v) is 3.81. The molecule has 0 aliphatic heterocycles. The van der Waals surface area contributed by atoms with Crippen molar-refractivity contribution in [2.75, 3.05) is 0 Å². The van der Waals surface area contributed by atoms with Crippen molar-refractivity contribution in [3.63, 3.8) is 0 Å². The van der Waals surface area contributed by atoms with E-state index in [9.17, 15) is 4.79 Å². The minimum atomic E-state index is -0.974. The van der Waals surface area contributed by atoms with Crippen molar-refractivity contribution in [1.82, 2.24) is 0 Å². The number of carbonyl (C=O) groups is 1. The number of benzene rings is 3. The highest BCUT2D eigenvalue weighted by Gasteiger charge is 2.11. The van der Waals surface area contributed by atoms with Crippen LogP contribution in [0.4, 0.5) is 0 Å². The van der Waals surface area contributed by atoms with Gasteiger partial charge in [0.25, 0.3) is 0 Å². The quantitative estimate of drug-likeness (QED) is 0.773. The molecule has 0 bridgehead atoms. The van der Waals surface area contributed by atoms with Gasteiger partial charge in [-0.15, -0.1) is 0 Å². The van der Waals surface area contributed by atoms with E-state index in [1.165, 1.54) is 10.8 Å². The lowest BCUT2D eigenvalue weighted by atomic mass is 9.99. The predicted octanol–water partition coefficient (Wildman–Crippen LogP) is 3.46. The fourth-order valence-corrected chi connectivity index (χ4v) is 2.54. The first kappa shape index (κ1) is 14.3. The number of carboxylic acid groups (broad SMARTS) is 1. The van der Waals surface area contributed by atoms with Crippen LogP contribution in [-0.4, -0.2) is 17.1 Å². The summed E-state index contributed by atoms with van der Waals surface area (Å²) in [5, 5.41) is 11.3. The second kappa shape index (κ2) is 6.00. The van der Waals surface area contributed by atoms with Crippen molar-refractivity contribution in [3.8, 4) is 11.1 Å². The fourth-order valence-electron chi connectivity index (χ4n) is 2.54. The van der Waals surface area contributed by atoms with Gasteiger partial charge in [0.15, 0.2) is 0 Å². The van der Waals surface area contributed by atoms with Crippen LogP contribution in [0.1, 0.15) is 5.56 Å². The Bertz CT molecular complexity index is 809. The van der Waals surface area contributed by atoms with Gasteiger partial charge in [-0.25, -0.2) is 0 Å². The Morgan fingerprint density at radius 2 is 1.55 bits per heavy atom. The molecule has 1 atom stereocenters. The minimum absolute atomic E-state index is 0.341. The summed E-state index contributed by atoms with van der Waals surface area (Å²) in [6, 6.07) is 21.7. The third-order valence-electron chi connectivity index (χ3n) is 3.81. The SMILES string of the molecule is NC(Cc1ccc(-c2ccc3ccccc3c2)cc1)C(=O)O. The van der Waals surface area contributed by atoms with Crippen LogP contribution in [-0.2, 0) is 11.2 Å². The predicted molar refractivity (Wildman–Crippen MR) is 88.7 cm³/mol. The van der Waals surface area contributed by atoms with Gasteiger partial charge in [0.2, 0.25) is 0 Å². The molecule has 3 aromatic rings. The summed E-state index contributed by atoms with van der Waals surface area (Å²) in [5.41, 5.74) is 8.75. The van der Waals surface area contributed by atoms with Gasteiger partial charge in [-0.05, 0) is 39.9 Å². The Morgan fingerprint density at radius 3 is 2.23 bits per heavy atom. The van der Waals surface area contributed by atoms with E-state index in [-0.39, 0.29) is 0 Å². The Balaban J connectivity index is 1.86. The molecule has 22 heavy (non-hydrogen) atoms. The second-order valence-electron chi connectivity index (χ2n) is 5.41. The number of hydrogen-bond donors (Lipinski definition) is 2. The molecule has 0 saturated carbocycles. The van der Waals surface area contributed by atoms with E-state index in [1.54, 1.807) is 0 Å². The zero-order chi connectivity index (χ0) is 15.5. The highest BCUT2D eigenvalue weighted by Crippen LogP contribution is 2.24. The number of nitrogens with two attached hydrogens (primary N) is 1. The van der Waals surface area contributed by atoms with Crippen molar-refractivity contribution >= 4 is 16.7 Å². The Kier molecular flexibility index (Phi) is 3.90. The van der Waals surface area contributed by atoms with E-state index in [4.69, 9.17) is 10.8 Å². The molecule has 0 spiro atoms. The van der Waals surface area contributed by atoms with Gasteiger partial charge < -0.3 is 10.8 Å². The molecule has 0 heterocycles. The number of fused-ring (bicyclic) bond motifs is 1. The van der Waals surface area contributed by atoms with Crippen molar-refractivity contribution in [2.24, 2.45) is 5.73 Å². The highest BCUT2D eigenvalue weighted by atomic mass is 16.4. The number of rotatable bonds is 4. The molecular weight excluding hydrogens is 274 g/mol. The highest BCUT2D eigenvalue weighted by molar-refractivity contribution is 5.87. The van der Waals surface area contributed by atoms with Crippen LogP contribution < -0.4 is 5.73 Å². The molecule has 0 aliphatic rings. The summed E-state index contributed by atoms with van der Waals surface area (Å²) >= 11 is 0. The van der Waals surface area contributed by atoms with Crippen LogP contribution in [0.25, 0.3) is 21.9 Å². The molecule has 3 nitrogen and oxygen atoms in total. The molecule has 0 fully saturated rings. The smallest absolute Gasteiger partial charge is 0.320 e. The molecule has 0 aliphatic carbocycles. The summed E-state index contributed by atoms with van der Waals surface area (Å²) < 4.78 is 0. The van der Waals surface area contributed by atoms with Crippen LogP contribution in [0.2, 0.25) is 0 Å². The zero-order valence-corrected chi connectivity index (χ0v) is 12.1. The summed E-state index contributed by atoms with van der Waals surface area (Å²) in [6.07, 6.45) is 0.341. The fraction of sp³-hybridized carbons (Fsp3) is 0.105. The molecule has 0 radical (unpaired) electrons. The van der Waals surface area contributed by atoms with Gasteiger partial charge in [-0.1, -0.05) is 60.7 Å². The second-order valence-corrected chi connectivity index (χ2v) is 5.41. The molecular formula is C19H17NO2. The molecule has 0 amide bonds. The summed E-state index contributed by atoms with van der Waals surface area (Å²) in [7, 11) is 0. The largest absolute Gasteiger partial charge is 0.480 e. The molecule has 0 aromatic heterocycles. The van der Waals surface area contributed by atoms with Crippen LogP contribution in [0.15, 0.2) is 66.7 Å². The average molecular weight is 291 g/mol. The first-order chi connectivity index (χ1) is 10.6. The van der Waals surface area contributed by atoms with Gasteiger partial charge in [-0.2, -0.15) is 0 Å². The van der Waals surface area contributed by atoms with E-state index >= 15 is 0 Å². The van der Waals surface area contributed by atoms with Crippen molar-refractivity contribution in [1.29, 1.82) is 0 Å². The van der Waals surface area contributed by atoms with Gasteiger partial charge in [0, 0.05) is 0 Å². The molecule has 0 saturated heterocycles. The van der Waals surface area contributed by atoms with E-state index in [0.29, 0.717) is 6.42 Å². The van der Waals surface area contributed by atoms with Crippen molar-refractivity contribution < 1.29 is 9.90 Å². The van der Waals surface area contributed by atoms with Gasteiger partial charge in [-0.3, -0.25) is 4.79 Å². The van der Waals surface area contributed by atoms with Crippen LogP contribution in [0.5, 0.6) is 0 Å². The van der Waals surface area contributed by atoms with Crippen LogP contribution in [0.3, 0.4) is 0 Å². The lowest BCUT2D eigenvalue weighted by Gasteiger charge is -2.08. The van der Waals surface area contributed by atoms with Crippen molar-refractivity contribution in [2.45, 2.75) is 12.5 Å². The summed E-state index contributed by atoms with van der Waals surface area (Å²) in [5.74, 6) is -0.974. The Hall–Kier alpha value is -2.65. The topological polar surface area (TPSA) is 63.3 Å². The first-order valence-corrected chi connectivity index (χ1v) is 7.20. The maximum Gasteiger partial charge on any atom is 0.320 e. The summed E-state index contributed by atoms with van der Waals surface area (Å²) in [4.78, 5) is 10.8. The Morgan fingerprint density at radius 1 is 0.909 bits per heavy atom. The molecule has 3 aromatic carbocycles. The number of carboxylic acids is 1. The monoisotopic (exact) mass is 291 g/mol. The Labute approximate surface area is 129 Å². The summed E-state index contributed by atoms with van der Waals surface area (Å²) in [6.45, 7) is 0. The minimum Gasteiger partial charge on any atom is -0.480 e. The van der Waals surface area contributed by atoms with Gasteiger partial charge >= 0.3 is 5.97 Å². The number of aliphatic carboxylic acids is 1. The number of hydrogen-bond acceptors (Lipinski definition) is 2. The lowest BCUT2D eigenvalue weighted by molar-refractivity contribution is -0.138. The van der Waals surface area contributed by atoms with Crippen LogP contribution in [0, 0.1) is 0 Å². The van der Waals surface area contributed by atoms with E-state index in [0.717, 1.165) is 16.7 Å². The van der Waals surface area contributed by atoms with Crippen LogP contribution >= 0.6 is 0 Å². The molecule has 3 rings (SSSR count). The van der Waals surface area contributed by atoms with Gasteiger partial charge in [0.05, 0.1) is 0 Å².